The average Bonchev–Trinajstić information content (AvgIpc) is 3.24. The molecule has 0 aliphatic carbocycles. The number of rotatable bonds is 4. The lowest BCUT2D eigenvalue weighted by Gasteiger charge is -2.38. The molecule has 144 valence electrons. The van der Waals surface area contributed by atoms with E-state index < -0.39 is 5.82 Å². The van der Waals surface area contributed by atoms with Crippen molar-refractivity contribution in [3.05, 3.63) is 60.3 Å². The minimum atomic E-state index is -0.406. The van der Waals surface area contributed by atoms with E-state index in [1.54, 1.807) is 23.1 Å². The molecule has 0 spiro atoms. The van der Waals surface area contributed by atoms with Crippen LogP contribution in [0.15, 0.2) is 48.9 Å². The van der Waals surface area contributed by atoms with Crippen LogP contribution in [0.5, 0.6) is 5.88 Å². The normalized spacial score (nSPS) is 19.4. The lowest BCUT2D eigenvalue weighted by Crippen LogP contribution is -2.49. The predicted octanol–water partition coefficient (Wildman–Crippen LogP) is 2.27. The molecule has 0 bridgehead atoms. The Morgan fingerprint density at radius 3 is 2.89 bits per heavy atom. The van der Waals surface area contributed by atoms with E-state index in [4.69, 9.17) is 4.74 Å². The third-order valence-electron chi connectivity index (χ3n) is 4.78. The number of amides is 1. The quantitative estimate of drug-likeness (QED) is 0.688. The summed E-state index contributed by atoms with van der Waals surface area (Å²) < 4.78 is 19.2. The highest BCUT2D eigenvalue weighted by Crippen LogP contribution is 2.24. The molecule has 1 fully saturated rings. The molecule has 3 aromatic rings. The molecule has 2 atom stereocenters. The Labute approximate surface area is 160 Å². The average molecular weight is 382 g/mol. The summed E-state index contributed by atoms with van der Waals surface area (Å²) in [6.07, 6.45) is 3.96. The molecular weight excluding hydrogens is 363 g/mol. The molecule has 4 rings (SSSR count). The topological polar surface area (TPSA) is 86.0 Å². The van der Waals surface area contributed by atoms with Gasteiger partial charge in [-0.1, -0.05) is 12.1 Å². The Bertz CT molecular complexity index is 965. The maximum atomic E-state index is 13.4. The van der Waals surface area contributed by atoms with E-state index in [1.165, 1.54) is 29.5 Å². The fourth-order valence-electron chi connectivity index (χ4n) is 3.33. The van der Waals surface area contributed by atoms with Crippen molar-refractivity contribution in [3.63, 3.8) is 0 Å². The number of nitrogens with zero attached hydrogens (tertiary/aromatic N) is 6. The first-order valence-electron chi connectivity index (χ1n) is 9.03. The van der Waals surface area contributed by atoms with Gasteiger partial charge in [0, 0.05) is 18.3 Å². The van der Waals surface area contributed by atoms with Crippen LogP contribution in [0.4, 0.5) is 4.39 Å². The van der Waals surface area contributed by atoms with Crippen LogP contribution in [0.3, 0.4) is 0 Å². The first-order chi connectivity index (χ1) is 13.6. The minimum Gasteiger partial charge on any atom is -0.472 e. The molecule has 3 heterocycles. The van der Waals surface area contributed by atoms with Crippen molar-refractivity contribution in [1.82, 2.24) is 30.1 Å². The molecule has 0 N–H and O–H groups in total. The number of carbonyl (C=O) groups excluding carboxylic acids is 1. The Balaban J connectivity index is 1.55. The number of aromatic nitrogens is 5. The fraction of sp³-hybridized carbons (Fsp3) is 0.316. The number of benzene rings is 1. The van der Waals surface area contributed by atoms with Gasteiger partial charge in [0.15, 0.2) is 6.33 Å². The summed E-state index contributed by atoms with van der Waals surface area (Å²) in [6.45, 7) is 2.39. The van der Waals surface area contributed by atoms with Gasteiger partial charge in [-0.2, -0.15) is 0 Å². The van der Waals surface area contributed by atoms with Crippen LogP contribution in [-0.2, 0) is 0 Å². The van der Waals surface area contributed by atoms with Gasteiger partial charge in [0.2, 0.25) is 5.88 Å². The maximum absolute atomic E-state index is 13.4. The number of carbonyl (C=O) groups is 1. The van der Waals surface area contributed by atoms with E-state index in [-0.39, 0.29) is 23.9 Å². The molecule has 1 aromatic carbocycles. The molecule has 1 amide bonds. The van der Waals surface area contributed by atoms with Crippen molar-refractivity contribution in [1.29, 1.82) is 0 Å². The second-order valence-corrected chi connectivity index (χ2v) is 6.68. The predicted molar refractivity (Wildman–Crippen MR) is 97.5 cm³/mol. The molecule has 8 nitrogen and oxygen atoms in total. The number of para-hydroxylation sites is 1. The van der Waals surface area contributed by atoms with Crippen LogP contribution in [0.2, 0.25) is 0 Å². The van der Waals surface area contributed by atoms with Crippen molar-refractivity contribution in [2.24, 2.45) is 0 Å². The van der Waals surface area contributed by atoms with Gasteiger partial charge in [0.05, 0.1) is 12.1 Å². The van der Waals surface area contributed by atoms with E-state index in [0.29, 0.717) is 17.8 Å². The van der Waals surface area contributed by atoms with Crippen LogP contribution >= 0.6 is 0 Å². The summed E-state index contributed by atoms with van der Waals surface area (Å²) in [5, 5.41) is 11.6. The highest BCUT2D eigenvalue weighted by atomic mass is 19.1. The molecule has 1 aliphatic heterocycles. The zero-order valence-electron chi connectivity index (χ0n) is 15.3. The summed E-state index contributed by atoms with van der Waals surface area (Å²) in [4.78, 5) is 20.4. The van der Waals surface area contributed by atoms with Crippen LogP contribution < -0.4 is 4.74 Å². The van der Waals surface area contributed by atoms with Gasteiger partial charge in [-0.3, -0.25) is 4.79 Å². The van der Waals surface area contributed by atoms with Crippen LogP contribution in [0.25, 0.3) is 5.69 Å². The molecule has 0 unspecified atom stereocenters. The molecular formula is C19H19FN6O2. The zero-order valence-corrected chi connectivity index (χ0v) is 15.3. The number of halogens is 1. The van der Waals surface area contributed by atoms with Crippen molar-refractivity contribution >= 4 is 5.91 Å². The maximum Gasteiger partial charge on any atom is 0.256 e. The van der Waals surface area contributed by atoms with Gasteiger partial charge in [-0.05, 0) is 43.2 Å². The Morgan fingerprint density at radius 2 is 2.11 bits per heavy atom. The van der Waals surface area contributed by atoms with E-state index in [1.807, 2.05) is 13.0 Å². The number of hydrogen-bond acceptors (Lipinski definition) is 6. The van der Waals surface area contributed by atoms with Crippen molar-refractivity contribution in [2.45, 2.75) is 31.9 Å². The summed E-state index contributed by atoms with van der Waals surface area (Å²) in [6, 6.07) is 9.69. The Hall–Kier alpha value is -3.36. The van der Waals surface area contributed by atoms with Gasteiger partial charge in [-0.15, -0.1) is 15.0 Å². The van der Waals surface area contributed by atoms with Crippen LogP contribution in [0, 0.1) is 5.82 Å². The Morgan fingerprint density at radius 1 is 1.25 bits per heavy atom. The van der Waals surface area contributed by atoms with Gasteiger partial charge in [0.1, 0.15) is 17.6 Å². The molecule has 1 saturated heterocycles. The number of ether oxygens (including phenoxy) is 1. The minimum absolute atomic E-state index is 0.0459. The Kier molecular flexibility index (Phi) is 4.96. The lowest BCUT2D eigenvalue weighted by molar-refractivity contribution is 0.0371. The third-order valence-corrected chi connectivity index (χ3v) is 4.78. The smallest absolute Gasteiger partial charge is 0.256 e. The molecule has 28 heavy (non-hydrogen) atoms. The van der Waals surface area contributed by atoms with Crippen LogP contribution in [-0.4, -0.2) is 54.7 Å². The SMILES string of the molecule is C[C@@H]1CC[C@@H](Oc2cc(F)ccn2)CN1C(=O)c1ccccc1-n1ncnn1. The molecule has 2 aromatic heterocycles. The first kappa shape index (κ1) is 18.0. The monoisotopic (exact) mass is 382 g/mol. The van der Waals surface area contributed by atoms with Gasteiger partial charge in [-0.25, -0.2) is 9.37 Å². The highest BCUT2D eigenvalue weighted by molar-refractivity contribution is 5.98. The molecule has 0 radical (unpaired) electrons. The largest absolute Gasteiger partial charge is 0.472 e. The van der Waals surface area contributed by atoms with Gasteiger partial charge < -0.3 is 9.64 Å². The molecule has 1 aliphatic rings. The standard InChI is InChI=1S/C19H19FN6O2/c1-13-6-7-15(28-18-10-14(20)8-9-21-18)11-25(13)19(27)16-4-2-3-5-17(16)26-23-12-22-24-26/h2-5,8-10,12-13,15H,6-7,11H2,1H3/t13-,15-/m1/s1. The lowest BCUT2D eigenvalue weighted by atomic mass is 9.99. The second-order valence-electron chi connectivity index (χ2n) is 6.68. The second kappa shape index (κ2) is 7.71. The van der Waals surface area contributed by atoms with Gasteiger partial charge >= 0.3 is 0 Å². The van der Waals surface area contributed by atoms with E-state index in [2.05, 4.69) is 20.4 Å². The fourth-order valence-corrected chi connectivity index (χ4v) is 3.33. The number of piperidine rings is 1. The van der Waals surface area contributed by atoms with Crippen molar-refractivity contribution < 1.29 is 13.9 Å². The van der Waals surface area contributed by atoms with E-state index in [9.17, 15) is 9.18 Å². The number of likely N-dealkylation sites (tertiary alicyclic amines) is 1. The van der Waals surface area contributed by atoms with E-state index in [0.717, 1.165) is 12.8 Å². The zero-order chi connectivity index (χ0) is 19.5. The van der Waals surface area contributed by atoms with E-state index >= 15 is 0 Å². The summed E-state index contributed by atoms with van der Waals surface area (Å²) in [7, 11) is 0. The summed E-state index contributed by atoms with van der Waals surface area (Å²) in [5.41, 5.74) is 1.05. The number of pyridine rings is 1. The molecule has 0 saturated carbocycles. The van der Waals surface area contributed by atoms with Crippen molar-refractivity contribution in [2.75, 3.05) is 6.54 Å². The molecule has 9 heteroatoms. The van der Waals surface area contributed by atoms with Gasteiger partial charge in [0.25, 0.3) is 5.91 Å². The summed E-state index contributed by atoms with van der Waals surface area (Å²) in [5.74, 6) is -0.323. The number of hydrogen-bond donors (Lipinski definition) is 0. The van der Waals surface area contributed by atoms with Crippen molar-refractivity contribution in [3.8, 4) is 11.6 Å². The summed E-state index contributed by atoms with van der Waals surface area (Å²) >= 11 is 0. The van der Waals surface area contributed by atoms with Crippen LogP contribution in [0.1, 0.15) is 30.1 Å². The third kappa shape index (κ3) is 3.68. The highest BCUT2D eigenvalue weighted by Gasteiger charge is 2.32. The first-order valence-corrected chi connectivity index (χ1v) is 9.03. The number of tetrazole rings is 1.